The van der Waals surface area contributed by atoms with Crippen molar-refractivity contribution in [2.24, 2.45) is 0 Å². The molecule has 11 heteroatoms. The largest absolute Gasteiger partial charge is 0.495 e. The fourth-order valence-electron chi connectivity index (χ4n) is 3.25. The molecule has 1 aliphatic rings. The number of hydrogen-bond donors (Lipinski definition) is 3. The van der Waals surface area contributed by atoms with Crippen molar-refractivity contribution >= 4 is 33.2 Å². The Labute approximate surface area is 197 Å². The molecule has 4 rings (SSSR count). The summed E-state index contributed by atoms with van der Waals surface area (Å²) in [5, 5.41) is 5.48. The number of amides is 2. The van der Waals surface area contributed by atoms with Crippen molar-refractivity contribution in [3.05, 3.63) is 66.7 Å². The molecule has 0 unspecified atom stereocenters. The van der Waals surface area contributed by atoms with E-state index in [0.717, 1.165) is 12.8 Å². The van der Waals surface area contributed by atoms with E-state index in [2.05, 4.69) is 20.3 Å². The second-order valence-corrected chi connectivity index (χ2v) is 9.61. The predicted molar refractivity (Wildman–Crippen MR) is 126 cm³/mol. The molecular weight excluding hydrogens is 458 g/mol. The van der Waals surface area contributed by atoms with Crippen LogP contribution >= 0.6 is 0 Å². The van der Waals surface area contributed by atoms with Crippen LogP contribution < -0.4 is 20.1 Å². The van der Waals surface area contributed by atoms with Crippen molar-refractivity contribution in [3.63, 3.8) is 0 Å². The van der Waals surface area contributed by atoms with Gasteiger partial charge in [0.15, 0.2) is 0 Å². The molecule has 1 aliphatic carbocycles. The Morgan fingerprint density at radius 3 is 2.68 bits per heavy atom. The van der Waals surface area contributed by atoms with Crippen LogP contribution in [0.4, 0.5) is 11.4 Å². The summed E-state index contributed by atoms with van der Waals surface area (Å²) >= 11 is 0. The number of nitrogens with zero attached hydrogens (tertiary/aromatic N) is 2. The average Bonchev–Trinajstić information content (AvgIpc) is 3.46. The summed E-state index contributed by atoms with van der Waals surface area (Å²) in [7, 11) is -2.26. The highest BCUT2D eigenvalue weighted by molar-refractivity contribution is 7.89. The summed E-state index contributed by atoms with van der Waals surface area (Å²) < 4.78 is 34.8. The number of imidazole rings is 1. The number of aromatic nitrogens is 2. The van der Waals surface area contributed by atoms with Crippen molar-refractivity contribution in [2.45, 2.75) is 36.7 Å². The standard InChI is InChI=1S/C23H25N5O5S/c1-33-21-8-7-19(34(31,32)27-17-5-6-17)14-20(21)26-23(30)16-3-2-4-18(13-16)25-22(29)9-11-28-12-10-24-15-28/h2-4,7-8,10,12-15,17,27H,5-6,9,11H2,1H3,(H,25,29)(H,26,30). The molecule has 1 fully saturated rings. The number of methoxy groups -OCH3 is 1. The zero-order valence-electron chi connectivity index (χ0n) is 18.5. The van der Waals surface area contributed by atoms with Crippen LogP contribution in [0.3, 0.4) is 0 Å². The second kappa shape index (κ2) is 10.1. The number of benzene rings is 2. The van der Waals surface area contributed by atoms with E-state index in [-0.39, 0.29) is 29.0 Å². The van der Waals surface area contributed by atoms with Gasteiger partial charge in [-0.3, -0.25) is 9.59 Å². The lowest BCUT2D eigenvalue weighted by Gasteiger charge is -2.13. The van der Waals surface area contributed by atoms with Gasteiger partial charge < -0.3 is 19.9 Å². The highest BCUT2D eigenvalue weighted by Gasteiger charge is 2.28. The molecule has 10 nitrogen and oxygen atoms in total. The molecule has 0 saturated heterocycles. The van der Waals surface area contributed by atoms with Gasteiger partial charge in [0.2, 0.25) is 15.9 Å². The van der Waals surface area contributed by atoms with Gasteiger partial charge in [0.05, 0.1) is 24.0 Å². The molecule has 1 aromatic heterocycles. The van der Waals surface area contributed by atoms with Crippen molar-refractivity contribution in [1.29, 1.82) is 0 Å². The number of sulfonamides is 1. The van der Waals surface area contributed by atoms with E-state index in [0.29, 0.717) is 23.5 Å². The predicted octanol–water partition coefficient (Wildman–Crippen LogP) is 2.61. The van der Waals surface area contributed by atoms with Crippen molar-refractivity contribution in [3.8, 4) is 5.75 Å². The maximum atomic E-state index is 12.9. The molecule has 2 aromatic carbocycles. The van der Waals surface area contributed by atoms with Crippen LogP contribution in [0.5, 0.6) is 5.75 Å². The quantitative estimate of drug-likeness (QED) is 0.406. The smallest absolute Gasteiger partial charge is 0.255 e. The van der Waals surface area contributed by atoms with Crippen LogP contribution in [0.25, 0.3) is 0 Å². The zero-order chi connectivity index (χ0) is 24.1. The molecule has 0 radical (unpaired) electrons. The number of hydrogen-bond acceptors (Lipinski definition) is 6. The highest BCUT2D eigenvalue weighted by Crippen LogP contribution is 2.29. The highest BCUT2D eigenvalue weighted by atomic mass is 32.2. The van der Waals surface area contributed by atoms with Crippen LogP contribution in [0.15, 0.2) is 66.1 Å². The van der Waals surface area contributed by atoms with Gasteiger partial charge in [-0.05, 0) is 49.2 Å². The van der Waals surface area contributed by atoms with E-state index >= 15 is 0 Å². The summed E-state index contributed by atoms with van der Waals surface area (Å²) in [5.41, 5.74) is 0.986. The molecule has 178 valence electrons. The molecule has 0 spiro atoms. The minimum absolute atomic E-state index is 0.0365. The van der Waals surface area contributed by atoms with E-state index in [9.17, 15) is 18.0 Å². The topological polar surface area (TPSA) is 131 Å². The van der Waals surface area contributed by atoms with Gasteiger partial charge in [-0.1, -0.05) is 6.07 Å². The zero-order valence-corrected chi connectivity index (χ0v) is 19.3. The van der Waals surface area contributed by atoms with Crippen LogP contribution in [-0.2, 0) is 21.4 Å². The molecule has 3 aromatic rings. The summed E-state index contributed by atoms with van der Waals surface area (Å²) in [5.74, 6) is -0.353. The van der Waals surface area contributed by atoms with Crippen LogP contribution in [0, 0.1) is 0 Å². The third-order valence-corrected chi connectivity index (χ3v) is 6.71. The fourth-order valence-corrected chi connectivity index (χ4v) is 4.58. The molecule has 1 saturated carbocycles. The van der Waals surface area contributed by atoms with Crippen molar-refractivity contribution in [2.75, 3.05) is 17.7 Å². The summed E-state index contributed by atoms with van der Waals surface area (Å²) in [6, 6.07) is 10.7. The van der Waals surface area contributed by atoms with Crippen molar-refractivity contribution in [1.82, 2.24) is 14.3 Å². The molecule has 2 amide bonds. The average molecular weight is 484 g/mol. The third kappa shape index (κ3) is 6.00. The molecule has 0 atom stereocenters. The Kier molecular flexibility index (Phi) is 6.94. The van der Waals surface area contributed by atoms with Crippen molar-refractivity contribution < 1.29 is 22.7 Å². The summed E-state index contributed by atoms with van der Waals surface area (Å²) in [6.07, 6.45) is 6.93. The van der Waals surface area contributed by atoms with E-state index in [1.807, 2.05) is 0 Å². The molecular formula is C23H25N5O5S. The minimum atomic E-state index is -3.70. The lowest BCUT2D eigenvalue weighted by Crippen LogP contribution is -2.26. The first kappa shape index (κ1) is 23.5. The first-order chi connectivity index (χ1) is 16.3. The lowest BCUT2D eigenvalue weighted by molar-refractivity contribution is -0.116. The Morgan fingerprint density at radius 1 is 1.15 bits per heavy atom. The molecule has 0 aliphatic heterocycles. The number of carbonyl (C=O) groups excluding carboxylic acids is 2. The van der Waals surface area contributed by atoms with Gasteiger partial charge in [0.1, 0.15) is 5.75 Å². The number of carbonyl (C=O) groups is 2. The minimum Gasteiger partial charge on any atom is -0.495 e. The number of nitrogens with one attached hydrogen (secondary N) is 3. The van der Waals surface area contributed by atoms with Gasteiger partial charge in [-0.2, -0.15) is 0 Å². The van der Waals surface area contributed by atoms with Crippen LogP contribution in [0.2, 0.25) is 0 Å². The first-order valence-electron chi connectivity index (χ1n) is 10.7. The van der Waals surface area contributed by atoms with Crippen LogP contribution in [0.1, 0.15) is 29.6 Å². The Morgan fingerprint density at radius 2 is 1.97 bits per heavy atom. The Balaban J connectivity index is 1.44. The van der Waals surface area contributed by atoms with Gasteiger partial charge in [0.25, 0.3) is 5.91 Å². The number of aryl methyl sites for hydroxylation is 1. The maximum Gasteiger partial charge on any atom is 0.255 e. The first-order valence-corrected chi connectivity index (χ1v) is 12.2. The normalized spacial score (nSPS) is 13.3. The summed E-state index contributed by atoms with van der Waals surface area (Å²) in [4.78, 5) is 29.1. The SMILES string of the molecule is COc1ccc(S(=O)(=O)NC2CC2)cc1NC(=O)c1cccc(NC(=O)CCn2ccnc2)c1. The van der Waals surface area contributed by atoms with E-state index in [1.54, 1.807) is 47.6 Å². The number of ether oxygens (including phenoxy) is 1. The number of anilines is 2. The Hall–Kier alpha value is -3.70. The molecule has 34 heavy (non-hydrogen) atoms. The molecule has 1 heterocycles. The monoisotopic (exact) mass is 483 g/mol. The lowest BCUT2D eigenvalue weighted by atomic mass is 10.1. The third-order valence-electron chi connectivity index (χ3n) is 5.19. The Bertz CT molecular complexity index is 1290. The fraction of sp³-hybridized carbons (Fsp3) is 0.261. The van der Waals surface area contributed by atoms with Crippen LogP contribution in [-0.4, -0.2) is 42.9 Å². The van der Waals surface area contributed by atoms with Gasteiger partial charge in [-0.15, -0.1) is 0 Å². The summed E-state index contributed by atoms with van der Waals surface area (Å²) in [6.45, 7) is 0.487. The maximum absolute atomic E-state index is 12.9. The van der Waals surface area contributed by atoms with Gasteiger partial charge in [-0.25, -0.2) is 18.1 Å². The number of rotatable bonds is 10. The van der Waals surface area contributed by atoms with E-state index in [4.69, 9.17) is 4.74 Å². The van der Waals surface area contributed by atoms with E-state index < -0.39 is 15.9 Å². The van der Waals surface area contributed by atoms with Gasteiger partial charge >= 0.3 is 0 Å². The molecule has 0 bridgehead atoms. The molecule has 3 N–H and O–H groups in total. The van der Waals surface area contributed by atoms with Gasteiger partial charge in [0, 0.05) is 42.7 Å². The van der Waals surface area contributed by atoms with E-state index in [1.165, 1.54) is 25.3 Å². The second-order valence-electron chi connectivity index (χ2n) is 7.89.